The van der Waals surface area contributed by atoms with Crippen LogP contribution in [0.5, 0.6) is 5.75 Å². The lowest BCUT2D eigenvalue weighted by Crippen LogP contribution is -2.19. The molecule has 126 valence electrons. The van der Waals surface area contributed by atoms with Crippen molar-refractivity contribution in [3.05, 3.63) is 30.5 Å². The maximum atomic E-state index is 5.53. The quantitative estimate of drug-likeness (QED) is 0.630. The molecule has 0 saturated carbocycles. The Labute approximate surface area is 137 Å². The molecule has 0 fully saturated rings. The lowest BCUT2D eigenvalue weighted by Gasteiger charge is -2.16. The molecule has 0 aliphatic heterocycles. The molecular weight excluding hydrogens is 294 g/mol. The van der Waals surface area contributed by atoms with Gasteiger partial charge in [0.2, 0.25) is 0 Å². The third kappa shape index (κ3) is 5.33. The molecule has 0 N–H and O–H groups in total. The monoisotopic (exact) mass is 319 g/mol. The van der Waals surface area contributed by atoms with E-state index < -0.39 is 0 Å². The first kappa shape index (κ1) is 17.4. The van der Waals surface area contributed by atoms with Crippen molar-refractivity contribution in [2.45, 2.75) is 40.0 Å². The molecular formula is C17H25N3O3. The molecule has 0 aliphatic rings. The van der Waals surface area contributed by atoms with E-state index in [9.17, 15) is 0 Å². The fraction of sp³-hybridized carbons (Fsp3) is 0.529. The maximum Gasteiger partial charge on any atom is 0.159 e. The second-order valence-corrected chi connectivity index (χ2v) is 4.95. The zero-order chi connectivity index (χ0) is 16.5. The Morgan fingerprint density at radius 1 is 1.00 bits per heavy atom. The van der Waals surface area contributed by atoms with Gasteiger partial charge in [-0.05, 0) is 45.0 Å². The summed E-state index contributed by atoms with van der Waals surface area (Å²) in [4.78, 5) is 0. The molecule has 0 radical (unpaired) electrons. The Morgan fingerprint density at radius 3 is 2.30 bits per heavy atom. The van der Waals surface area contributed by atoms with Crippen LogP contribution in [0, 0.1) is 0 Å². The van der Waals surface area contributed by atoms with E-state index in [1.54, 1.807) is 0 Å². The highest BCUT2D eigenvalue weighted by atomic mass is 16.7. The zero-order valence-corrected chi connectivity index (χ0v) is 14.1. The van der Waals surface area contributed by atoms with E-state index in [0.717, 1.165) is 23.4 Å². The van der Waals surface area contributed by atoms with Crippen LogP contribution in [0.25, 0.3) is 11.3 Å². The van der Waals surface area contributed by atoms with Crippen molar-refractivity contribution < 1.29 is 14.2 Å². The van der Waals surface area contributed by atoms with E-state index in [0.29, 0.717) is 26.4 Å². The normalized spacial score (nSPS) is 11.1. The number of aryl methyl sites for hydroxylation is 1. The Morgan fingerprint density at radius 2 is 1.70 bits per heavy atom. The van der Waals surface area contributed by atoms with Crippen molar-refractivity contribution in [1.29, 1.82) is 0 Å². The van der Waals surface area contributed by atoms with Gasteiger partial charge in [-0.2, -0.15) is 0 Å². The summed E-state index contributed by atoms with van der Waals surface area (Å²) in [7, 11) is 0. The highest BCUT2D eigenvalue weighted by molar-refractivity contribution is 5.58. The average molecular weight is 319 g/mol. The van der Waals surface area contributed by atoms with Crippen molar-refractivity contribution in [2.24, 2.45) is 0 Å². The van der Waals surface area contributed by atoms with Crippen LogP contribution >= 0.6 is 0 Å². The molecule has 6 nitrogen and oxygen atoms in total. The van der Waals surface area contributed by atoms with Gasteiger partial charge in [0.1, 0.15) is 11.4 Å². The molecule has 0 amide bonds. The van der Waals surface area contributed by atoms with Gasteiger partial charge in [0.05, 0.1) is 12.8 Å². The Hall–Kier alpha value is -1.92. The summed E-state index contributed by atoms with van der Waals surface area (Å²) in [5.41, 5.74) is 1.86. The smallest absolute Gasteiger partial charge is 0.159 e. The molecule has 0 unspecified atom stereocenters. The highest BCUT2D eigenvalue weighted by Crippen LogP contribution is 2.20. The molecule has 0 atom stereocenters. The minimum atomic E-state index is -0.192. The van der Waals surface area contributed by atoms with Crippen molar-refractivity contribution in [3.8, 4) is 17.0 Å². The lowest BCUT2D eigenvalue weighted by molar-refractivity contribution is -0.141. The minimum Gasteiger partial charge on any atom is -0.494 e. The average Bonchev–Trinajstić information content (AvgIpc) is 3.03. The number of nitrogens with zero attached hydrogens (tertiary/aromatic N) is 3. The van der Waals surface area contributed by atoms with E-state index in [1.165, 1.54) is 0 Å². The maximum absolute atomic E-state index is 5.53. The lowest BCUT2D eigenvalue weighted by atomic mass is 10.2. The third-order valence-corrected chi connectivity index (χ3v) is 3.30. The Kier molecular flexibility index (Phi) is 7.03. The van der Waals surface area contributed by atoms with Crippen molar-refractivity contribution in [2.75, 3.05) is 19.8 Å². The van der Waals surface area contributed by atoms with Crippen LogP contribution < -0.4 is 4.74 Å². The van der Waals surface area contributed by atoms with E-state index in [4.69, 9.17) is 14.2 Å². The molecule has 1 aromatic heterocycles. The molecule has 0 bridgehead atoms. The van der Waals surface area contributed by atoms with Crippen LogP contribution in [0.1, 0.15) is 27.2 Å². The first-order valence-electron chi connectivity index (χ1n) is 8.13. The standard InChI is InChI=1S/C17H25N3O3/c1-4-21-15-9-7-14(8-10-15)16-13-20(19-18-16)12-11-17(22-5-2)23-6-3/h7-10,13,17H,4-6,11-12H2,1-3H3. The number of aromatic nitrogens is 3. The van der Waals surface area contributed by atoms with Crippen LogP contribution in [0.15, 0.2) is 30.5 Å². The number of rotatable bonds is 10. The van der Waals surface area contributed by atoms with E-state index in [1.807, 2.05) is 55.9 Å². The fourth-order valence-electron chi connectivity index (χ4n) is 2.25. The van der Waals surface area contributed by atoms with Gasteiger partial charge >= 0.3 is 0 Å². The van der Waals surface area contributed by atoms with E-state index in [-0.39, 0.29) is 6.29 Å². The molecule has 0 aliphatic carbocycles. The van der Waals surface area contributed by atoms with Crippen molar-refractivity contribution in [1.82, 2.24) is 15.0 Å². The molecule has 0 spiro atoms. The Balaban J connectivity index is 1.94. The van der Waals surface area contributed by atoms with Gasteiger partial charge in [-0.1, -0.05) is 5.21 Å². The highest BCUT2D eigenvalue weighted by Gasteiger charge is 2.10. The number of hydrogen-bond donors (Lipinski definition) is 0. The van der Waals surface area contributed by atoms with Crippen LogP contribution in [-0.4, -0.2) is 41.1 Å². The summed E-state index contributed by atoms with van der Waals surface area (Å²) in [6.45, 7) is 8.54. The summed E-state index contributed by atoms with van der Waals surface area (Å²) in [6, 6.07) is 7.86. The summed E-state index contributed by atoms with van der Waals surface area (Å²) < 4.78 is 18.3. The predicted molar refractivity (Wildman–Crippen MR) is 88.3 cm³/mol. The second kappa shape index (κ2) is 9.27. The SMILES string of the molecule is CCOc1ccc(-c2cn(CCC(OCC)OCC)nn2)cc1. The van der Waals surface area contributed by atoms with Gasteiger partial charge in [-0.25, -0.2) is 0 Å². The van der Waals surface area contributed by atoms with Gasteiger partial charge in [0.25, 0.3) is 0 Å². The van der Waals surface area contributed by atoms with E-state index in [2.05, 4.69) is 10.3 Å². The summed E-state index contributed by atoms with van der Waals surface area (Å²) in [5.74, 6) is 0.861. The van der Waals surface area contributed by atoms with Gasteiger partial charge < -0.3 is 14.2 Å². The zero-order valence-electron chi connectivity index (χ0n) is 14.1. The fourth-order valence-corrected chi connectivity index (χ4v) is 2.25. The summed E-state index contributed by atoms with van der Waals surface area (Å²) in [5, 5.41) is 8.39. The number of ether oxygens (including phenoxy) is 3. The topological polar surface area (TPSA) is 58.4 Å². The molecule has 2 rings (SSSR count). The summed E-state index contributed by atoms with van der Waals surface area (Å²) >= 11 is 0. The largest absolute Gasteiger partial charge is 0.494 e. The van der Waals surface area contributed by atoms with E-state index >= 15 is 0 Å². The van der Waals surface area contributed by atoms with Crippen molar-refractivity contribution in [3.63, 3.8) is 0 Å². The molecule has 2 aromatic rings. The first-order valence-corrected chi connectivity index (χ1v) is 8.13. The number of benzene rings is 1. The molecule has 0 saturated heterocycles. The van der Waals surface area contributed by atoms with Gasteiger partial charge in [0.15, 0.2) is 6.29 Å². The van der Waals surface area contributed by atoms with Gasteiger partial charge in [0, 0.05) is 31.7 Å². The molecule has 23 heavy (non-hydrogen) atoms. The summed E-state index contributed by atoms with van der Waals surface area (Å²) in [6.07, 6.45) is 2.49. The predicted octanol–water partition coefficient (Wildman–Crippen LogP) is 3.13. The van der Waals surface area contributed by atoms with Crippen LogP contribution in [0.2, 0.25) is 0 Å². The van der Waals surface area contributed by atoms with Crippen LogP contribution in [-0.2, 0) is 16.0 Å². The first-order chi connectivity index (χ1) is 11.3. The second-order valence-electron chi connectivity index (χ2n) is 4.95. The van der Waals surface area contributed by atoms with Gasteiger partial charge in [-0.15, -0.1) is 5.10 Å². The molecule has 6 heteroatoms. The number of hydrogen-bond acceptors (Lipinski definition) is 5. The third-order valence-electron chi connectivity index (χ3n) is 3.30. The van der Waals surface area contributed by atoms with Crippen molar-refractivity contribution >= 4 is 0 Å². The minimum absolute atomic E-state index is 0.192. The Bertz CT molecular complexity index is 563. The molecule has 1 aromatic carbocycles. The molecule has 1 heterocycles. The van der Waals surface area contributed by atoms with Crippen LogP contribution in [0.4, 0.5) is 0 Å². The van der Waals surface area contributed by atoms with Gasteiger partial charge in [-0.3, -0.25) is 4.68 Å². The van der Waals surface area contributed by atoms with Crippen LogP contribution in [0.3, 0.4) is 0 Å².